The number of carbonyl (C=O) groups excluding carboxylic acids is 2. The zero-order valence-electron chi connectivity index (χ0n) is 14.0. The highest BCUT2D eigenvalue weighted by atomic mass is 16.5. The Bertz CT molecular complexity index is 730. The molecule has 0 saturated carbocycles. The maximum atomic E-state index is 12.4. The van der Waals surface area contributed by atoms with Crippen LogP contribution in [-0.2, 0) is 18.3 Å². The Hall–Kier alpha value is -2.64. The van der Waals surface area contributed by atoms with Gasteiger partial charge in [0.2, 0.25) is 0 Å². The summed E-state index contributed by atoms with van der Waals surface area (Å²) in [7, 11) is 1.74. The Kier molecular flexibility index (Phi) is 4.83. The van der Waals surface area contributed by atoms with Gasteiger partial charge in [-0.25, -0.2) is 4.79 Å². The summed E-state index contributed by atoms with van der Waals surface area (Å²) in [6.45, 7) is 7.72. The van der Waals surface area contributed by atoms with Crippen molar-refractivity contribution in [2.24, 2.45) is 7.05 Å². The summed E-state index contributed by atoms with van der Waals surface area (Å²) < 4.78 is 8.30. The zero-order valence-corrected chi connectivity index (χ0v) is 14.0. The van der Waals surface area contributed by atoms with Crippen LogP contribution in [0.3, 0.4) is 0 Å². The van der Waals surface area contributed by atoms with Gasteiger partial charge in [-0.05, 0) is 27.7 Å². The summed E-state index contributed by atoms with van der Waals surface area (Å²) in [5.74, 6) is -0.907. The van der Waals surface area contributed by atoms with Crippen molar-refractivity contribution in [3.63, 3.8) is 0 Å². The van der Waals surface area contributed by atoms with E-state index in [9.17, 15) is 9.59 Å². The molecule has 2 rings (SSSR count). The van der Waals surface area contributed by atoms with E-state index in [0.29, 0.717) is 23.5 Å². The number of esters is 1. The van der Waals surface area contributed by atoms with E-state index < -0.39 is 5.97 Å². The van der Waals surface area contributed by atoms with Gasteiger partial charge in [-0.3, -0.25) is 14.2 Å². The first-order chi connectivity index (χ1) is 10.8. The van der Waals surface area contributed by atoms with Crippen LogP contribution in [0, 0.1) is 6.92 Å². The van der Waals surface area contributed by atoms with Crippen LogP contribution in [-0.4, -0.2) is 37.5 Å². The first kappa shape index (κ1) is 16.7. The Morgan fingerprint density at radius 2 is 2.00 bits per heavy atom. The van der Waals surface area contributed by atoms with Gasteiger partial charge in [0, 0.05) is 26.0 Å². The zero-order chi connectivity index (χ0) is 17.1. The maximum Gasteiger partial charge on any atom is 0.361 e. The molecule has 0 saturated heterocycles. The number of aryl methyl sites for hydroxylation is 3. The third kappa shape index (κ3) is 3.77. The van der Waals surface area contributed by atoms with E-state index in [2.05, 4.69) is 15.5 Å². The molecule has 0 atom stereocenters. The Morgan fingerprint density at radius 3 is 2.52 bits per heavy atom. The van der Waals surface area contributed by atoms with Crippen molar-refractivity contribution < 1.29 is 14.3 Å². The molecule has 1 amide bonds. The average molecular weight is 319 g/mol. The Labute approximate surface area is 134 Å². The van der Waals surface area contributed by atoms with Gasteiger partial charge in [-0.1, -0.05) is 0 Å². The minimum absolute atomic E-state index is 0.0930. The number of anilines is 1. The molecule has 2 aromatic rings. The molecule has 0 aliphatic carbocycles. The van der Waals surface area contributed by atoms with E-state index in [1.165, 1.54) is 0 Å². The Balaban J connectivity index is 2.28. The van der Waals surface area contributed by atoms with Crippen LogP contribution in [0.5, 0.6) is 0 Å². The lowest BCUT2D eigenvalue weighted by molar-refractivity contribution is 0.0371. The number of aromatic nitrogens is 4. The van der Waals surface area contributed by atoms with Gasteiger partial charge in [-0.15, -0.1) is 0 Å². The summed E-state index contributed by atoms with van der Waals surface area (Å²) >= 11 is 0. The highest BCUT2D eigenvalue weighted by Gasteiger charge is 2.22. The van der Waals surface area contributed by atoms with E-state index in [1.807, 2.05) is 6.92 Å². The summed E-state index contributed by atoms with van der Waals surface area (Å²) in [6, 6.07) is 0. The minimum Gasteiger partial charge on any atom is -0.458 e. The normalized spacial score (nSPS) is 10.9. The predicted octanol–water partition coefficient (Wildman–Crippen LogP) is 1.76. The van der Waals surface area contributed by atoms with Gasteiger partial charge in [0.25, 0.3) is 5.91 Å². The lowest BCUT2D eigenvalue weighted by Gasteiger charge is -2.08. The van der Waals surface area contributed by atoms with Crippen molar-refractivity contribution in [2.45, 2.75) is 40.3 Å². The number of rotatable bonds is 5. The molecular formula is C15H21N5O3. The van der Waals surface area contributed by atoms with Crippen molar-refractivity contribution in [3.8, 4) is 0 Å². The molecule has 0 spiro atoms. The van der Waals surface area contributed by atoms with Crippen LogP contribution in [0.15, 0.2) is 12.4 Å². The van der Waals surface area contributed by atoms with Crippen molar-refractivity contribution in [1.29, 1.82) is 0 Å². The van der Waals surface area contributed by atoms with Crippen molar-refractivity contribution in [3.05, 3.63) is 29.3 Å². The third-order valence-corrected chi connectivity index (χ3v) is 3.13. The molecular weight excluding hydrogens is 298 g/mol. The monoisotopic (exact) mass is 319 g/mol. The summed E-state index contributed by atoms with van der Waals surface area (Å²) in [4.78, 5) is 24.5. The number of ether oxygens (including phenoxy) is 1. The number of amides is 1. The lowest BCUT2D eigenvalue weighted by atomic mass is 10.2. The van der Waals surface area contributed by atoms with Crippen LogP contribution >= 0.6 is 0 Å². The smallest absolute Gasteiger partial charge is 0.361 e. The van der Waals surface area contributed by atoms with Crippen molar-refractivity contribution in [2.75, 3.05) is 5.32 Å². The Morgan fingerprint density at radius 1 is 1.30 bits per heavy atom. The predicted molar refractivity (Wildman–Crippen MR) is 84.4 cm³/mol. The summed E-state index contributed by atoms with van der Waals surface area (Å²) in [6.07, 6.45) is 2.97. The highest BCUT2D eigenvalue weighted by Crippen LogP contribution is 2.18. The number of nitrogens with one attached hydrogen (secondary N) is 1. The number of hydrogen-bond donors (Lipinski definition) is 1. The fourth-order valence-electron chi connectivity index (χ4n) is 2.11. The molecule has 2 heterocycles. The second kappa shape index (κ2) is 6.64. The molecule has 0 fully saturated rings. The maximum absolute atomic E-state index is 12.4. The molecule has 1 N–H and O–H groups in total. The van der Waals surface area contributed by atoms with Crippen LogP contribution in [0.1, 0.15) is 47.3 Å². The second-order valence-corrected chi connectivity index (χ2v) is 5.46. The first-order valence-electron chi connectivity index (χ1n) is 7.41. The molecule has 0 aliphatic rings. The van der Waals surface area contributed by atoms with Crippen LogP contribution in [0.4, 0.5) is 5.69 Å². The van der Waals surface area contributed by atoms with Crippen LogP contribution in [0.25, 0.3) is 0 Å². The lowest BCUT2D eigenvalue weighted by Crippen LogP contribution is -2.17. The van der Waals surface area contributed by atoms with Gasteiger partial charge in [-0.2, -0.15) is 10.2 Å². The fourth-order valence-corrected chi connectivity index (χ4v) is 2.11. The molecule has 23 heavy (non-hydrogen) atoms. The van der Waals surface area contributed by atoms with Gasteiger partial charge >= 0.3 is 5.97 Å². The molecule has 0 aromatic carbocycles. The van der Waals surface area contributed by atoms with Gasteiger partial charge in [0.15, 0.2) is 5.69 Å². The van der Waals surface area contributed by atoms with Crippen molar-refractivity contribution >= 4 is 17.6 Å². The van der Waals surface area contributed by atoms with Crippen molar-refractivity contribution in [1.82, 2.24) is 19.6 Å². The highest BCUT2D eigenvalue weighted by molar-refractivity contribution is 6.07. The molecule has 8 heteroatoms. The molecule has 2 aromatic heterocycles. The van der Waals surface area contributed by atoms with E-state index in [0.717, 1.165) is 0 Å². The minimum atomic E-state index is -0.564. The second-order valence-electron chi connectivity index (χ2n) is 5.46. The van der Waals surface area contributed by atoms with E-state index in [-0.39, 0.29) is 17.7 Å². The van der Waals surface area contributed by atoms with Gasteiger partial charge < -0.3 is 10.1 Å². The van der Waals surface area contributed by atoms with E-state index >= 15 is 0 Å². The standard InChI is InChI=1S/C15H21N5O3/c1-6-20-8-12(13(18-20)15(22)23-9(2)3)16-14(21)11-7-19(5)17-10(11)4/h7-9H,6H2,1-5H3,(H,16,21). The quantitative estimate of drug-likeness (QED) is 0.848. The fraction of sp³-hybridized carbons (Fsp3) is 0.467. The summed E-state index contributed by atoms with van der Waals surface area (Å²) in [5.41, 5.74) is 1.47. The van der Waals surface area contributed by atoms with E-state index in [1.54, 1.807) is 49.6 Å². The molecule has 0 aliphatic heterocycles. The van der Waals surface area contributed by atoms with Gasteiger partial charge in [0.1, 0.15) is 0 Å². The van der Waals surface area contributed by atoms with E-state index in [4.69, 9.17) is 4.74 Å². The molecule has 0 radical (unpaired) electrons. The molecule has 0 bridgehead atoms. The largest absolute Gasteiger partial charge is 0.458 e. The third-order valence-electron chi connectivity index (χ3n) is 3.13. The number of nitrogens with zero attached hydrogens (tertiary/aromatic N) is 4. The molecule has 0 unspecified atom stereocenters. The number of carbonyl (C=O) groups is 2. The molecule has 124 valence electrons. The summed E-state index contributed by atoms with van der Waals surface area (Å²) in [5, 5.41) is 11.0. The average Bonchev–Trinajstić information content (AvgIpc) is 3.01. The topological polar surface area (TPSA) is 91.0 Å². The number of hydrogen-bond acceptors (Lipinski definition) is 5. The van der Waals surface area contributed by atoms with Crippen LogP contribution < -0.4 is 5.32 Å². The SMILES string of the molecule is CCn1cc(NC(=O)c2cn(C)nc2C)c(C(=O)OC(C)C)n1. The molecule has 8 nitrogen and oxygen atoms in total. The van der Waals surface area contributed by atoms with Crippen LogP contribution in [0.2, 0.25) is 0 Å². The van der Waals surface area contributed by atoms with Gasteiger partial charge in [0.05, 0.1) is 23.0 Å². The first-order valence-corrected chi connectivity index (χ1v) is 7.41.